The van der Waals surface area contributed by atoms with E-state index in [0.717, 1.165) is 18.9 Å². The maximum absolute atomic E-state index is 13.4. The Balaban J connectivity index is 2.44. The number of halogens is 2. The van der Waals surface area contributed by atoms with Crippen molar-refractivity contribution >= 4 is 31.6 Å². The van der Waals surface area contributed by atoms with Crippen molar-refractivity contribution in [3.05, 3.63) is 22.4 Å². The standard InChI is InChI=1S/C13H18BrFN2O2S/c1-8(2)17(7-9-3-4-9)20(18,19)13-5-10(14)11(15)6-12(13)16/h5-6,8-9H,3-4,7,16H2,1-2H3. The van der Waals surface area contributed by atoms with Gasteiger partial charge in [0.15, 0.2) is 0 Å². The van der Waals surface area contributed by atoms with E-state index in [1.54, 1.807) is 0 Å². The fourth-order valence-corrected chi connectivity index (χ4v) is 4.37. The Morgan fingerprint density at radius 3 is 2.55 bits per heavy atom. The van der Waals surface area contributed by atoms with Gasteiger partial charge in [0, 0.05) is 12.6 Å². The second-order valence-corrected chi connectivity index (χ2v) is 8.13. The van der Waals surface area contributed by atoms with E-state index in [2.05, 4.69) is 15.9 Å². The molecule has 0 aliphatic heterocycles. The molecule has 1 fully saturated rings. The third-order valence-corrected chi connectivity index (χ3v) is 6.06. The van der Waals surface area contributed by atoms with Gasteiger partial charge in [-0.25, -0.2) is 12.8 Å². The summed E-state index contributed by atoms with van der Waals surface area (Å²) in [5.41, 5.74) is 5.63. The minimum absolute atomic E-state index is 0.0416. The van der Waals surface area contributed by atoms with Crippen LogP contribution in [0, 0.1) is 11.7 Å². The van der Waals surface area contributed by atoms with Crippen molar-refractivity contribution in [1.29, 1.82) is 0 Å². The van der Waals surface area contributed by atoms with Crippen LogP contribution >= 0.6 is 15.9 Å². The van der Waals surface area contributed by atoms with Gasteiger partial charge < -0.3 is 5.73 Å². The van der Waals surface area contributed by atoms with Crippen LogP contribution in [0.4, 0.5) is 10.1 Å². The third kappa shape index (κ3) is 3.15. The first-order valence-electron chi connectivity index (χ1n) is 6.50. The lowest BCUT2D eigenvalue weighted by Gasteiger charge is -2.26. The Morgan fingerprint density at radius 1 is 1.45 bits per heavy atom. The van der Waals surface area contributed by atoms with E-state index in [9.17, 15) is 12.8 Å². The molecule has 1 aliphatic carbocycles. The summed E-state index contributed by atoms with van der Waals surface area (Å²) >= 11 is 3.01. The van der Waals surface area contributed by atoms with Crippen LogP contribution in [0.5, 0.6) is 0 Å². The van der Waals surface area contributed by atoms with E-state index in [4.69, 9.17) is 5.73 Å². The molecular weight excluding hydrogens is 347 g/mol. The van der Waals surface area contributed by atoms with E-state index < -0.39 is 15.8 Å². The van der Waals surface area contributed by atoms with Crippen molar-refractivity contribution < 1.29 is 12.8 Å². The number of benzene rings is 1. The molecule has 0 radical (unpaired) electrons. The maximum Gasteiger partial charge on any atom is 0.245 e. The van der Waals surface area contributed by atoms with Crippen molar-refractivity contribution in [3.63, 3.8) is 0 Å². The summed E-state index contributed by atoms with van der Waals surface area (Å²) in [6.45, 7) is 4.15. The molecular formula is C13H18BrFN2O2S. The van der Waals surface area contributed by atoms with Gasteiger partial charge in [-0.15, -0.1) is 0 Å². The molecule has 112 valence electrons. The lowest BCUT2D eigenvalue weighted by atomic mass is 10.3. The predicted octanol–water partition coefficient (Wildman–Crippen LogP) is 2.98. The molecule has 7 heteroatoms. The molecule has 4 nitrogen and oxygen atoms in total. The summed E-state index contributed by atoms with van der Waals surface area (Å²) in [4.78, 5) is -0.0416. The molecule has 0 aromatic heterocycles. The van der Waals surface area contributed by atoms with Gasteiger partial charge in [-0.1, -0.05) is 0 Å². The molecule has 0 saturated heterocycles. The van der Waals surface area contributed by atoms with Gasteiger partial charge >= 0.3 is 0 Å². The highest BCUT2D eigenvalue weighted by Gasteiger charge is 2.34. The summed E-state index contributed by atoms with van der Waals surface area (Å²) in [5.74, 6) is -0.142. The Bertz CT molecular complexity index is 615. The average Bonchev–Trinajstić information content (AvgIpc) is 3.13. The van der Waals surface area contributed by atoms with E-state index in [1.807, 2.05) is 13.8 Å². The lowest BCUT2D eigenvalue weighted by Crippen LogP contribution is -2.38. The first-order valence-corrected chi connectivity index (χ1v) is 8.73. The Labute approximate surface area is 127 Å². The summed E-state index contributed by atoms with van der Waals surface area (Å²) in [6.07, 6.45) is 2.11. The molecule has 20 heavy (non-hydrogen) atoms. The zero-order valence-electron chi connectivity index (χ0n) is 11.4. The van der Waals surface area contributed by atoms with Crippen LogP contribution in [0.3, 0.4) is 0 Å². The monoisotopic (exact) mass is 364 g/mol. The molecule has 0 amide bonds. The van der Waals surface area contributed by atoms with Crippen LogP contribution in [0.25, 0.3) is 0 Å². The number of anilines is 1. The molecule has 0 atom stereocenters. The number of hydrogen-bond donors (Lipinski definition) is 1. The van der Waals surface area contributed by atoms with E-state index in [-0.39, 0.29) is 21.1 Å². The number of sulfonamides is 1. The van der Waals surface area contributed by atoms with Crippen LogP contribution in [0.15, 0.2) is 21.5 Å². The molecule has 2 N–H and O–H groups in total. The minimum atomic E-state index is -3.71. The third-order valence-electron chi connectivity index (χ3n) is 3.35. The number of rotatable bonds is 5. The SMILES string of the molecule is CC(C)N(CC1CC1)S(=O)(=O)c1cc(Br)c(F)cc1N. The highest BCUT2D eigenvalue weighted by atomic mass is 79.9. The molecule has 1 saturated carbocycles. The van der Waals surface area contributed by atoms with Crippen molar-refractivity contribution in [3.8, 4) is 0 Å². The first kappa shape index (κ1) is 15.7. The molecule has 0 unspecified atom stereocenters. The molecule has 0 heterocycles. The fourth-order valence-electron chi connectivity index (χ4n) is 2.04. The van der Waals surface area contributed by atoms with Crippen LogP contribution in [-0.4, -0.2) is 25.3 Å². The van der Waals surface area contributed by atoms with Crippen molar-refractivity contribution in [2.75, 3.05) is 12.3 Å². The zero-order chi connectivity index (χ0) is 15.1. The normalized spacial score (nSPS) is 16.1. The van der Waals surface area contributed by atoms with Gasteiger partial charge in [0.25, 0.3) is 0 Å². The van der Waals surface area contributed by atoms with Crippen molar-refractivity contribution in [2.24, 2.45) is 5.92 Å². The fraction of sp³-hybridized carbons (Fsp3) is 0.538. The number of hydrogen-bond acceptors (Lipinski definition) is 3. The second kappa shape index (κ2) is 5.61. The predicted molar refractivity (Wildman–Crippen MR) is 80.3 cm³/mol. The smallest absolute Gasteiger partial charge is 0.245 e. The minimum Gasteiger partial charge on any atom is -0.398 e. The Morgan fingerprint density at radius 2 is 2.05 bits per heavy atom. The highest BCUT2D eigenvalue weighted by molar-refractivity contribution is 9.10. The van der Waals surface area contributed by atoms with Gasteiger partial charge in [-0.2, -0.15) is 4.31 Å². The van der Waals surface area contributed by atoms with Crippen LogP contribution in [-0.2, 0) is 10.0 Å². The maximum atomic E-state index is 13.4. The summed E-state index contributed by atoms with van der Waals surface area (Å²) in [5, 5.41) is 0. The van der Waals surface area contributed by atoms with Crippen LogP contribution in [0.2, 0.25) is 0 Å². The van der Waals surface area contributed by atoms with Crippen LogP contribution in [0.1, 0.15) is 26.7 Å². The highest BCUT2D eigenvalue weighted by Crippen LogP contribution is 2.34. The van der Waals surface area contributed by atoms with E-state index >= 15 is 0 Å². The van der Waals surface area contributed by atoms with Gasteiger partial charge in [0.05, 0.1) is 10.2 Å². The molecule has 1 aliphatic rings. The molecule has 0 spiro atoms. The summed E-state index contributed by atoms with van der Waals surface area (Å²) in [6, 6.07) is 2.11. The van der Waals surface area contributed by atoms with Crippen molar-refractivity contribution in [2.45, 2.75) is 37.6 Å². The number of nitrogens with two attached hydrogens (primary N) is 1. The average molecular weight is 365 g/mol. The molecule has 0 bridgehead atoms. The summed E-state index contributed by atoms with van der Waals surface area (Å²) < 4.78 is 40.4. The van der Waals surface area contributed by atoms with Gasteiger partial charge in [-0.05, 0) is 60.7 Å². The largest absolute Gasteiger partial charge is 0.398 e. The number of nitrogens with zero attached hydrogens (tertiary/aromatic N) is 1. The zero-order valence-corrected chi connectivity index (χ0v) is 13.8. The lowest BCUT2D eigenvalue weighted by molar-refractivity contribution is 0.342. The molecule has 1 aromatic carbocycles. The Kier molecular flexibility index (Phi) is 4.41. The topological polar surface area (TPSA) is 63.4 Å². The molecule has 1 aromatic rings. The Hall–Kier alpha value is -0.660. The van der Waals surface area contributed by atoms with Crippen molar-refractivity contribution in [1.82, 2.24) is 4.31 Å². The van der Waals surface area contributed by atoms with Gasteiger partial charge in [0.1, 0.15) is 10.7 Å². The van der Waals surface area contributed by atoms with E-state index in [0.29, 0.717) is 12.5 Å². The van der Waals surface area contributed by atoms with Gasteiger partial charge in [-0.3, -0.25) is 0 Å². The number of nitrogen functional groups attached to an aromatic ring is 1. The summed E-state index contributed by atoms with van der Waals surface area (Å²) in [7, 11) is -3.71. The first-order chi connectivity index (χ1) is 9.23. The van der Waals surface area contributed by atoms with Crippen LogP contribution < -0.4 is 5.73 Å². The van der Waals surface area contributed by atoms with E-state index in [1.165, 1.54) is 10.4 Å². The van der Waals surface area contributed by atoms with Gasteiger partial charge in [0.2, 0.25) is 10.0 Å². The molecule has 2 rings (SSSR count). The second-order valence-electron chi connectivity index (χ2n) is 5.42. The quantitative estimate of drug-likeness (QED) is 0.816.